The molecule has 0 aromatic carbocycles. The summed E-state index contributed by atoms with van der Waals surface area (Å²) in [4.78, 5) is 21.3. The Kier molecular flexibility index (Phi) is 4.73. The van der Waals surface area contributed by atoms with E-state index < -0.39 is 0 Å². The van der Waals surface area contributed by atoms with Crippen molar-refractivity contribution in [3.05, 3.63) is 24.0 Å². The average molecular weight is 287 g/mol. The second kappa shape index (κ2) is 6.92. The summed E-state index contributed by atoms with van der Waals surface area (Å²) in [5, 5.41) is 0. The number of piperidine rings is 1. The molecule has 2 fully saturated rings. The molecule has 3 rings (SSSR count). The molecule has 0 saturated carbocycles. The van der Waals surface area contributed by atoms with Crippen molar-refractivity contribution in [2.45, 2.75) is 44.9 Å². The monoisotopic (exact) mass is 287 g/mol. The molecule has 3 heterocycles. The number of aromatic nitrogens is 1. The molecule has 21 heavy (non-hydrogen) atoms. The molecule has 4 heteroatoms. The van der Waals surface area contributed by atoms with Crippen molar-refractivity contribution in [3.63, 3.8) is 0 Å². The Morgan fingerprint density at radius 2 is 1.48 bits per heavy atom. The van der Waals surface area contributed by atoms with Crippen LogP contribution in [0.25, 0.3) is 0 Å². The molecule has 1 amide bonds. The van der Waals surface area contributed by atoms with E-state index in [0.29, 0.717) is 5.69 Å². The fourth-order valence-electron chi connectivity index (χ4n) is 3.29. The molecule has 0 spiro atoms. The van der Waals surface area contributed by atoms with Gasteiger partial charge in [0, 0.05) is 26.2 Å². The van der Waals surface area contributed by atoms with E-state index in [0.717, 1.165) is 44.7 Å². The number of likely N-dealkylation sites (tertiary alicyclic amines) is 1. The van der Waals surface area contributed by atoms with E-state index >= 15 is 0 Å². The highest BCUT2D eigenvalue weighted by atomic mass is 16.2. The molecule has 2 aliphatic heterocycles. The zero-order chi connectivity index (χ0) is 14.5. The fourth-order valence-corrected chi connectivity index (χ4v) is 3.29. The van der Waals surface area contributed by atoms with E-state index in [1.807, 2.05) is 17.2 Å². The van der Waals surface area contributed by atoms with Gasteiger partial charge in [-0.05, 0) is 44.2 Å². The van der Waals surface area contributed by atoms with Crippen molar-refractivity contribution in [2.75, 3.05) is 31.1 Å². The quantitative estimate of drug-likeness (QED) is 0.838. The van der Waals surface area contributed by atoms with E-state index in [1.165, 1.54) is 32.1 Å². The van der Waals surface area contributed by atoms with Gasteiger partial charge in [0.25, 0.3) is 5.91 Å². The summed E-state index contributed by atoms with van der Waals surface area (Å²) in [7, 11) is 0. The molecule has 1 aromatic rings. The van der Waals surface area contributed by atoms with E-state index in [9.17, 15) is 4.79 Å². The van der Waals surface area contributed by atoms with Gasteiger partial charge in [-0.3, -0.25) is 4.79 Å². The van der Waals surface area contributed by atoms with Gasteiger partial charge in [-0.25, -0.2) is 4.98 Å². The van der Waals surface area contributed by atoms with E-state index in [4.69, 9.17) is 0 Å². The number of pyridine rings is 1. The molecule has 0 bridgehead atoms. The summed E-state index contributed by atoms with van der Waals surface area (Å²) in [6.07, 6.45) is 10.4. The summed E-state index contributed by atoms with van der Waals surface area (Å²) in [5.74, 6) is 0.0992. The van der Waals surface area contributed by atoms with E-state index in [1.54, 1.807) is 0 Å². The van der Waals surface area contributed by atoms with E-state index in [-0.39, 0.29) is 5.91 Å². The zero-order valence-electron chi connectivity index (χ0n) is 12.8. The molecule has 114 valence electrons. The third-order valence-electron chi connectivity index (χ3n) is 4.58. The predicted octanol–water partition coefficient (Wildman–Crippen LogP) is 3.09. The van der Waals surface area contributed by atoms with Gasteiger partial charge in [-0.2, -0.15) is 0 Å². The van der Waals surface area contributed by atoms with Crippen molar-refractivity contribution < 1.29 is 4.79 Å². The summed E-state index contributed by atoms with van der Waals surface area (Å²) < 4.78 is 0. The lowest BCUT2D eigenvalue weighted by atomic mass is 10.1. The van der Waals surface area contributed by atoms with Gasteiger partial charge in [-0.1, -0.05) is 12.8 Å². The Morgan fingerprint density at radius 3 is 2.10 bits per heavy atom. The van der Waals surface area contributed by atoms with Crippen LogP contribution in [0.2, 0.25) is 0 Å². The van der Waals surface area contributed by atoms with Crippen LogP contribution in [0.15, 0.2) is 18.3 Å². The van der Waals surface area contributed by atoms with Crippen molar-refractivity contribution in [2.24, 2.45) is 0 Å². The third-order valence-corrected chi connectivity index (χ3v) is 4.58. The first-order valence-electron chi connectivity index (χ1n) is 8.35. The Morgan fingerprint density at radius 1 is 0.857 bits per heavy atom. The first-order chi connectivity index (χ1) is 10.3. The SMILES string of the molecule is O=C(c1ccc(N2CCCCC2)cn1)N1CCCCCC1. The van der Waals surface area contributed by atoms with Crippen LogP contribution in [0.3, 0.4) is 0 Å². The largest absolute Gasteiger partial charge is 0.370 e. The third kappa shape index (κ3) is 3.55. The van der Waals surface area contributed by atoms with Crippen molar-refractivity contribution in [1.82, 2.24) is 9.88 Å². The first-order valence-corrected chi connectivity index (χ1v) is 8.35. The molecule has 0 N–H and O–H groups in total. The topological polar surface area (TPSA) is 36.4 Å². The van der Waals surface area contributed by atoms with Gasteiger partial charge < -0.3 is 9.80 Å². The van der Waals surface area contributed by atoms with Crippen LogP contribution in [0, 0.1) is 0 Å². The molecule has 0 atom stereocenters. The highest BCUT2D eigenvalue weighted by Crippen LogP contribution is 2.19. The van der Waals surface area contributed by atoms with Crippen LogP contribution in [0.1, 0.15) is 55.4 Å². The second-order valence-corrected chi connectivity index (χ2v) is 6.16. The average Bonchev–Trinajstić information content (AvgIpc) is 2.84. The number of carbonyl (C=O) groups excluding carboxylic acids is 1. The number of hydrogen-bond donors (Lipinski definition) is 0. The maximum atomic E-state index is 12.5. The van der Waals surface area contributed by atoms with Crippen molar-refractivity contribution >= 4 is 11.6 Å². The molecule has 2 aliphatic rings. The van der Waals surface area contributed by atoms with Crippen molar-refractivity contribution in [3.8, 4) is 0 Å². The van der Waals surface area contributed by atoms with E-state index in [2.05, 4.69) is 16.0 Å². The smallest absolute Gasteiger partial charge is 0.272 e. The minimum Gasteiger partial charge on any atom is -0.370 e. The van der Waals surface area contributed by atoms with Gasteiger partial charge in [-0.15, -0.1) is 0 Å². The molecule has 0 radical (unpaired) electrons. The summed E-state index contributed by atoms with van der Waals surface area (Å²) >= 11 is 0. The Hall–Kier alpha value is -1.58. The van der Waals surface area contributed by atoms with Crippen molar-refractivity contribution in [1.29, 1.82) is 0 Å². The second-order valence-electron chi connectivity index (χ2n) is 6.16. The Labute approximate surface area is 127 Å². The Bertz CT molecular complexity index is 457. The number of hydrogen-bond acceptors (Lipinski definition) is 3. The van der Waals surface area contributed by atoms with Crippen LogP contribution in [0.4, 0.5) is 5.69 Å². The normalized spacial score (nSPS) is 20.2. The Balaban J connectivity index is 1.66. The lowest BCUT2D eigenvalue weighted by Crippen LogP contribution is -2.33. The van der Waals surface area contributed by atoms with Crippen LogP contribution in [0.5, 0.6) is 0 Å². The van der Waals surface area contributed by atoms with Crippen LogP contribution in [-0.2, 0) is 0 Å². The number of nitrogens with zero attached hydrogens (tertiary/aromatic N) is 3. The van der Waals surface area contributed by atoms with Gasteiger partial charge in [0.1, 0.15) is 5.69 Å². The van der Waals surface area contributed by atoms with Crippen LogP contribution < -0.4 is 4.90 Å². The first kappa shape index (κ1) is 14.4. The molecule has 0 unspecified atom stereocenters. The summed E-state index contributed by atoms with van der Waals surface area (Å²) in [6, 6.07) is 3.96. The molecule has 2 saturated heterocycles. The highest BCUT2D eigenvalue weighted by molar-refractivity contribution is 5.92. The highest BCUT2D eigenvalue weighted by Gasteiger charge is 2.19. The molecule has 4 nitrogen and oxygen atoms in total. The predicted molar refractivity (Wildman–Crippen MR) is 84.7 cm³/mol. The number of carbonyl (C=O) groups is 1. The summed E-state index contributed by atoms with van der Waals surface area (Å²) in [5.41, 5.74) is 1.75. The minimum atomic E-state index is 0.0992. The van der Waals surface area contributed by atoms with Gasteiger partial charge in [0.15, 0.2) is 0 Å². The fraction of sp³-hybridized carbons (Fsp3) is 0.647. The molecular weight excluding hydrogens is 262 g/mol. The van der Waals surface area contributed by atoms with Gasteiger partial charge >= 0.3 is 0 Å². The number of rotatable bonds is 2. The van der Waals surface area contributed by atoms with Gasteiger partial charge in [0.05, 0.1) is 11.9 Å². The van der Waals surface area contributed by atoms with Crippen LogP contribution in [-0.4, -0.2) is 42.0 Å². The minimum absolute atomic E-state index is 0.0992. The summed E-state index contributed by atoms with van der Waals surface area (Å²) in [6.45, 7) is 3.99. The number of amides is 1. The molecule has 1 aromatic heterocycles. The molecule has 0 aliphatic carbocycles. The lowest BCUT2D eigenvalue weighted by molar-refractivity contribution is 0.0756. The maximum absolute atomic E-state index is 12.5. The standard InChI is InChI=1S/C17H25N3O/c21-17(20-12-4-1-2-5-13-20)16-9-8-15(14-18-16)19-10-6-3-7-11-19/h8-9,14H,1-7,10-13H2. The maximum Gasteiger partial charge on any atom is 0.272 e. The molecular formula is C17H25N3O. The number of anilines is 1. The van der Waals surface area contributed by atoms with Crippen LogP contribution >= 0.6 is 0 Å². The lowest BCUT2D eigenvalue weighted by Gasteiger charge is -2.28. The van der Waals surface area contributed by atoms with Gasteiger partial charge in [0.2, 0.25) is 0 Å². The zero-order valence-corrected chi connectivity index (χ0v) is 12.8.